The molecule has 2 rings (SSSR count). The van der Waals surface area contributed by atoms with Crippen molar-refractivity contribution in [1.29, 1.82) is 0 Å². The number of amides is 1. The van der Waals surface area contributed by atoms with E-state index in [2.05, 4.69) is 11.3 Å². The van der Waals surface area contributed by atoms with Gasteiger partial charge in [-0.3, -0.25) is 9.52 Å². The molecule has 0 bridgehead atoms. The second kappa shape index (κ2) is 3.13. The zero-order valence-corrected chi connectivity index (χ0v) is 7.77. The van der Waals surface area contributed by atoms with Gasteiger partial charge in [0.2, 0.25) is 5.91 Å². The van der Waals surface area contributed by atoms with Crippen LogP contribution in [0, 0.1) is 11.8 Å². The topological polar surface area (TPSA) is 29.1 Å². The molecular formula is C9H13NOS. The monoisotopic (exact) mass is 183 g/mol. The molecule has 0 spiro atoms. The average molecular weight is 183 g/mol. The van der Waals surface area contributed by atoms with Crippen molar-refractivity contribution < 1.29 is 4.79 Å². The highest BCUT2D eigenvalue weighted by Gasteiger charge is 2.41. The van der Waals surface area contributed by atoms with Gasteiger partial charge in [0.15, 0.2) is 0 Å². The molecule has 0 radical (unpaired) electrons. The first-order valence-corrected chi connectivity index (χ1v) is 5.27. The van der Waals surface area contributed by atoms with E-state index in [0.29, 0.717) is 11.2 Å². The summed E-state index contributed by atoms with van der Waals surface area (Å²) in [6, 6.07) is 0. The lowest BCUT2D eigenvalue weighted by atomic mass is 10.3. The first-order valence-electron chi connectivity index (χ1n) is 4.39. The fraction of sp³-hybridized carbons (Fsp3) is 0.667. The Bertz CT molecular complexity index is 213. The summed E-state index contributed by atoms with van der Waals surface area (Å²) in [5.41, 5.74) is 0. The minimum absolute atomic E-state index is 0.205. The summed E-state index contributed by atoms with van der Waals surface area (Å²) in [6.07, 6.45) is 5.41. The van der Waals surface area contributed by atoms with Crippen LogP contribution < -0.4 is 4.72 Å². The summed E-state index contributed by atoms with van der Waals surface area (Å²) in [5.74, 6) is 0.885. The lowest BCUT2D eigenvalue weighted by Crippen LogP contribution is -2.19. The smallest absolute Gasteiger partial charge is 0.233 e. The highest BCUT2D eigenvalue weighted by Crippen LogP contribution is 2.40. The third-order valence-electron chi connectivity index (χ3n) is 2.33. The zero-order chi connectivity index (χ0) is 8.55. The van der Waals surface area contributed by atoms with Crippen LogP contribution in [-0.4, -0.2) is 11.2 Å². The molecule has 3 heteroatoms. The average Bonchev–Trinajstić information content (AvgIpc) is 2.94. The standard InChI is InChI=1S/C9H13NOS/c1-2-6-5-8(6)9(11)10-12-7-3-4-7/h2,6-8H,1,3-5H2,(H,10,11)/t6?,8-/m0/s1. The van der Waals surface area contributed by atoms with E-state index in [1.54, 1.807) is 11.9 Å². The lowest BCUT2D eigenvalue weighted by Gasteiger charge is -2.00. The van der Waals surface area contributed by atoms with Gasteiger partial charge in [0.05, 0.1) is 0 Å². The van der Waals surface area contributed by atoms with Crippen molar-refractivity contribution in [2.45, 2.75) is 24.5 Å². The largest absolute Gasteiger partial charge is 0.300 e. The maximum atomic E-state index is 11.3. The summed E-state index contributed by atoms with van der Waals surface area (Å²) < 4.78 is 2.90. The molecule has 1 unspecified atom stereocenters. The van der Waals surface area contributed by atoms with Crippen LogP contribution in [0.3, 0.4) is 0 Å². The molecule has 0 saturated heterocycles. The highest BCUT2D eigenvalue weighted by molar-refractivity contribution is 7.98. The van der Waals surface area contributed by atoms with Gasteiger partial charge in [-0.2, -0.15) is 0 Å². The van der Waals surface area contributed by atoms with Crippen LogP contribution in [0.4, 0.5) is 0 Å². The van der Waals surface area contributed by atoms with E-state index in [1.165, 1.54) is 12.8 Å². The SMILES string of the molecule is C=CC1C[C@@H]1C(=O)NSC1CC1. The van der Waals surface area contributed by atoms with Crippen molar-refractivity contribution >= 4 is 17.9 Å². The van der Waals surface area contributed by atoms with Gasteiger partial charge in [-0.15, -0.1) is 6.58 Å². The minimum atomic E-state index is 0.205. The zero-order valence-electron chi connectivity index (χ0n) is 6.95. The lowest BCUT2D eigenvalue weighted by molar-refractivity contribution is -0.120. The third-order valence-corrected chi connectivity index (χ3v) is 3.45. The number of rotatable bonds is 4. The maximum Gasteiger partial charge on any atom is 0.233 e. The Morgan fingerprint density at radius 3 is 2.83 bits per heavy atom. The van der Waals surface area contributed by atoms with E-state index in [1.807, 2.05) is 6.08 Å². The first-order chi connectivity index (χ1) is 5.81. The van der Waals surface area contributed by atoms with E-state index in [9.17, 15) is 4.79 Å². The fourth-order valence-corrected chi connectivity index (χ4v) is 1.99. The Kier molecular flexibility index (Phi) is 2.13. The van der Waals surface area contributed by atoms with Crippen LogP contribution in [0.5, 0.6) is 0 Å². The van der Waals surface area contributed by atoms with Gasteiger partial charge in [0.25, 0.3) is 0 Å². The molecule has 0 aromatic carbocycles. The predicted molar refractivity (Wildman–Crippen MR) is 50.5 cm³/mol. The maximum absolute atomic E-state index is 11.3. The first kappa shape index (κ1) is 8.17. The molecular weight excluding hydrogens is 170 g/mol. The van der Waals surface area contributed by atoms with E-state index in [0.717, 1.165) is 6.42 Å². The number of allylic oxidation sites excluding steroid dienone is 1. The summed E-state index contributed by atoms with van der Waals surface area (Å²) >= 11 is 1.60. The van der Waals surface area contributed by atoms with Crippen molar-refractivity contribution in [2.75, 3.05) is 0 Å². The van der Waals surface area contributed by atoms with Crippen molar-refractivity contribution in [3.05, 3.63) is 12.7 Å². The van der Waals surface area contributed by atoms with Gasteiger partial charge in [-0.25, -0.2) is 0 Å². The molecule has 66 valence electrons. The Morgan fingerprint density at radius 1 is 1.58 bits per heavy atom. The molecule has 1 N–H and O–H groups in total. The quantitative estimate of drug-likeness (QED) is 0.531. The molecule has 0 aliphatic heterocycles. The van der Waals surface area contributed by atoms with Crippen LogP contribution in [0.2, 0.25) is 0 Å². The number of hydrogen-bond donors (Lipinski definition) is 1. The predicted octanol–water partition coefficient (Wildman–Crippen LogP) is 1.74. The fourth-order valence-electron chi connectivity index (χ4n) is 1.18. The Hall–Kier alpha value is -0.440. The Labute approximate surface area is 76.9 Å². The van der Waals surface area contributed by atoms with Gasteiger partial charge in [-0.1, -0.05) is 6.08 Å². The summed E-state index contributed by atoms with van der Waals surface area (Å²) in [4.78, 5) is 11.3. The van der Waals surface area contributed by atoms with Crippen molar-refractivity contribution in [3.8, 4) is 0 Å². The van der Waals surface area contributed by atoms with Crippen LogP contribution in [-0.2, 0) is 4.79 Å². The minimum Gasteiger partial charge on any atom is -0.300 e. The highest BCUT2D eigenvalue weighted by atomic mass is 32.2. The molecule has 2 aliphatic carbocycles. The number of nitrogens with one attached hydrogen (secondary N) is 1. The molecule has 0 heterocycles. The van der Waals surface area contributed by atoms with Gasteiger partial charge in [-0.05, 0) is 37.1 Å². The number of hydrogen-bond acceptors (Lipinski definition) is 2. The van der Waals surface area contributed by atoms with Crippen LogP contribution in [0.1, 0.15) is 19.3 Å². The van der Waals surface area contributed by atoms with E-state index in [-0.39, 0.29) is 11.8 Å². The van der Waals surface area contributed by atoms with Gasteiger partial charge >= 0.3 is 0 Å². The van der Waals surface area contributed by atoms with Crippen molar-refractivity contribution in [3.63, 3.8) is 0 Å². The summed E-state index contributed by atoms with van der Waals surface area (Å²) in [5, 5.41) is 0.704. The van der Waals surface area contributed by atoms with Gasteiger partial charge in [0.1, 0.15) is 0 Å². The van der Waals surface area contributed by atoms with Crippen molar-refractivity contribution in [1.82, 2.24) is 4.72 Å². The second-order valence-electron chi connectivity index (χ2n) is 3.53. The molecule has 12 heavy (non-hydrogen) atoms. The summed E-state index contributed by atoms with van der Waals surface area (Å²) in [6.45, 7) is 3.68. The molecule has 2 fully saturated rings. The van der Waals surface area contributed by atoms with Crippen LogP contribution >= 0.6 is 11.9 Å². The molecule has 1 amide bonds. The molecule has 2 atom stereocenters. The molecule has 2 saturated carbocycles. The van der Waals surface area contributed by atoms with Crippen LogP contribution in [0.25, 0.3) is 0 Å². The Morgan fingerprint density at radius 2 is 2.33 bits per heavy atom. The Balaban J connectivity index is 1.67. The number of carbonyl (C=O) groups is 1. The van der Waals surface area contributed by atoms with Gasteiger partial charge in [0, 0.05) is 11.2 Å². The second-order valence-corrected chi connectivity index (χ2v) is 4.63. The van der Waals surface area contributed by atoms with E-state index in [4.69, 9.17) is 0 Å². The normalized spacial score (nSPS) is 32.7. The van der Waals surface area contributed by atoms with E-state index >= 15 is 0 Å². The third kappa shape index (κ3) is 1.83. The molecule has 0 aromatic rings. The van der Waals surface area contributed by atoms with Gasteiger partial charge < -0.3 is 0 Å². The molecule has 2 aliphatic rings. The summed E-state index contributed by atoms with van der Waals surface area (Å²) in [7, 11) is 0. The van der Waals surface area contributed by atoms with Crippen molar-refractivity contribution in [2.24, 2.45) is 11.8 Å². The molecule has 2 nitrogen and oxygen atoms in total. The number of carbonyl (C=O) groups excluding carboxylic acids is 1. The van der Waals surface area contributed by atoms with E-state index < -0.39 is 0 Å². The molecule has 0 aromatic heterocycles. The van der Waals surface area contributed by atoms with Crippen LogP contribution in [0.15, 0.2) is 12.7 Å².